The molecule has 0 heterocycles. The third kappa shape index (κ3) is 1.68. The Morgan fingerprint density at radius 2 is 1.48 bits per heavy atom. The summed E-state index contributed by atoms with van der Waals surface area (Å²) in [5.74, 6) is 0. The van der Waals surface area contributed by atoms with Gasteiger partial charge in [-0.1, -0.05) is 48.5 Å². The molecule has 0 fully saturated rings. The maximum Gasteiger partial charge on any atom is 0.0345 e. The molecule has 21 heavy (non-hydrogen) atoms. The average molecular weight is 273 g/mol. The van der Waals surface area contributed by atoms with Crippen LogP contribution in [0.3, 0.4) is 0 Å². The van der Waals surface area contributed by atoms with E-state index in [9.17, 15) is 0 Å². The van der Waals surface area contributed by atoms with Crippen LogP contribution in [-0.4, -0.2) is 0 Å². The smallest absolute Gasteiger partial charge is 0.0345 e. The molecule has 0 radical (unpaired) electrons. The number of rotatable bonds is 0. The average Bonchev–Trinajstić information content (AvgIpc) is 2.51. The summed E-state index contributed by atoms with van der Waals surface area (Å²) in [5, 5.41) is 2.68. The summed E-state index contributed by atoms with van der Waals surface area (Å²) in [6, 6.07) is 17.5. The van der Waals surface area contributed by atoms with Crippen molar-refractivity contribution in [2.45, 2.75) is 26.3 Å². The van der Waals surface area contributed by atoms with Crippen LogP contribution in [0.25, 0.3) is 21.9 Å². The van der Waals surface area contributed by atoms with Gasteiger partial charge in [-0.15, -0.1) is 0 Å². The van der Waals surface area contributed by atoms with E-state index >= 15 is 0 Å². The lowest BCUT2D eigenvalue weighted by Gasteiger charge is -2.30. The number of nitrogens with two attached hydrogens (primary N) is 1. The molecule has 3 aromatic rings. The van der Waals surface area contributed by atoms with Crippen LogP contribution < -0.4 is 5.73 Å². The van der Waals surface area contributed by atoms with Crippen LogP contribution in [0, 0.1) is 13.8 Å². The third-order valence-electron chi connectivity index (χ3n) is 4.88. The minimum atomic E-state index is 0.0956. The minimum absolute atomic E-state index is 0.0956. The molecule has 0 saturated carbocycles. The van der Waals surface area contributed by atoms with Crippen LogP contribution in [0.5, 0.6) is 0 Å². The molecule has 0 saturated heterocycles. The van der Waals surface area contributed by atoms with Gasteiger partial charge in [0.2, 0.25) is 0 Å². The van der Waals surface area contributed by atoms with Gasteiger partial charge in [-0.2, -0.15) is 0 Å². The van der Waals surface area contributed by atoms with Crippen molar-refractivity contribution in [2.75, 3.05) is 0 Å². The first-order chi connectivity index (χ1) is 10.2. The molecule has 0 aliphatic heterocycles. The maximum atomic E-state index is 6.52. The Labute approximate surface area is 125 Å². The highest BCUT2D eigenvalue weighted by atomic mass is 14.6. The number of hydrogen-bond acceptors (Lipinski definition) is 1. The molecule has 1 heteroatoms. The number of hydrogen-bond donors (Lipinski definition) is 1. The van der Waals surface area contributed by atoms with Crippen LogP contribution in [0.15, 0.2) is 48.5 Å². The van der Waals surface area contributed by atoms with Gasteiger partial charge in [-0.05, 0) is 64.4 Å². The van der Waals surface area contributed by atoms with Gasteiger partial charge in [0.1, 0.15) is 0 Å². The lowest BCUT2D eigenvalue weighted by molar-refractivity contribution is 0.708. The van der Waals surface area contributed by atoms with E-state index in [0.29, 0.717) is 0 Å². The summed E-state index contributed by atoms with van der Waals surface area (Å²) in [6.07, 6.45) is 0.932. The van der Waals surface area contributed by atoms with E-state index < -0.39 is 0 Å². The Morgan fingerprint density at radius 3 is 2.24 bits per heavy atom. The summed E-state index contributed by atoms with van der Waals surface area (Å²) in [4.78, 5) is 0. The Morgan fingerprint density at radius 1 is 0.857 bits per heavy atom. The normalized spacial score (nSPS) is 16.6. The van der Waals surface area contributed by atoms with Gasteiger partial charge < -0.3 is 5.73 Å². The van der Waals surface area contributed by atoms with Crippen molar-refractivity contribution in [3.05, 3.63) is 70.8 Å². The second-order valence-corrected chi connectivity index (χ2v) is 6.05. The quantitative estimate of drug-likeness (QED) is 0.632. The molecule has 0 spiro atoms. The maximum absolute atomic E-state index is 6.52. The summed E-state index contributed by atoms with van der Waals surface area (Å²) >= 11 is 0. The second kappa shape index (κ2) is 4.44. The Hall–Kier alpha value is -2.12. The van der Waals surface area contributed by atoms with E-state index in [1.807, 2.05) is 0 Å². The van der Waals surface area contributed by atoms with E-state index in [1.54, 1.807) is 0 Å². The highest BCUT2D eigenvalue weighted by molar-refractivity contribution is 5.97. The van der Waals surface area contributed by atoms with E-state index in [-0.39, 0.29) is 6.04 Å². The van der Waals surface area contributed by atoms with E-state index in [0.717, 1.165) is 6.42 Å². The lowest BCUT2D eigenvalue weighted by atomic mass is 9.77. The highest BCUT2D eigenvalue weighted by Gasteiger charge is 2.26. The predicted octanol–water partition coefficient (Wildman–Crippen LogP) is 4.68. The fraction of sp³-hybridized carbons (Fsp3) is 0.200. The molecule has 4 rings (SSSR count). The van der Waals surface area contributed by atoms with Crippen molar-refractivity contribution in [1.82, 2.24) is 0 Å². The minimum Gasteiger partial charge on any atom is -0.324 e. The zero-order valence-electron chi connectivity index (χ0n) is 12.5. The van der Waals surface area contributed by atoms with Crippen molar-refractivity contribution >= 4 is 10.8 Å². The highest BCUT2D eigenvalue weighted by Crippen LogP contribution is 2.44. The summed E-state index contributed by atoms with van der Waals surface area (Å²) < 4.78 is 0. The summed E-state index contributed by atoms with van der Waals surface area (Å²) in [5.41, 5.74) is 14.6. The van der Waals surface area contributed by atoms with Crippen molar-refractivity contribution in [1.29, 1.82) is 0 Å². The van der Waals surface area contributed by atoms with Gasteiger partial charge in [-0.25, -0.2) is 0 Å². The van der Waals surface area contributed by atoms with E-state index in [1.165, 1.54) is 44.2 Å². The molecule has 1 nitrogen and oxygen atoms in total. The fourth-order valence-electron chi connectivity index (χ4n) is 3.90. The molecule has 1 atom stereocenters. The summed E-state index contributed by atoms with van der Waals surface area (Å²) in [7, 11) is 0. The summed E-state index contributed by atoms with van der Waals surface area (Å²) in [6.45, 7) is 4.45. The SMILES string of the molecule is Cc1c2c(c(C)c3ccccc13)[C@H](N)Cc1ccccc1-2. The van der Waals surface area contributed by atoms with Crippen molar-refractivity contribution in [3.63, 3.8) is 0 Å². The molecule has 0 aromatic heterocycles. The Bertz CT molecular complexity index is 861. The molecular formula is C20H19N. The van der Waals surface area contributed by atoms with Gasteiger partial charge >= 0.3 is 0 Å². The van der Waals surface area contributed by atoms with E-state index in [4.69, 9.17) is 5.73 Å². The Kier molecular flexibility index (Phi) is 2.66. The zero-order valence-corrected chi connectivity index (χ0v) is 12.5. The topological polar surface area (TPSA) is 26.0 Å². The van der Waals surface area contributed by atoms with Gasteiger partial charge in [0.15, 0.2) is 0 Å². The molecule has 0 unspecified atom stereocenters. The third-order valence-corrected chi connectivity index (χ3v) is 4.88. The molecule has 1 aliphatic carbocycles. The monoisotopic (exact) mass is 273 g/mol. The van der Waals surface area contributed by atoms with Crippen molar-refractivity contribution in [3.8, 4) is 11.1 Å². The molecule has 2 N–H and O–H groups in total. The number of fused-ring (bicyclic) bond motifs is 4. The van der Waals surface area contributed by atoms with Gasteiger partial charge in [0.05, 0.1) is 0 Å². The van der Waals surface area contributed by atoms with Gasteiger partial charge in [0, 0.05) is 6.04 Å². The zero-order chi connectivity index (χ0) is 14.6. The molecule has 3 aromatic carbocycles. The van der Waals surface area contributed by atoms with Crippen LogP contribution in [-0.2, 0) is 6.42 Å². The van der Waals surface area contributed by atoms with Crippen molar-refractivity contribution < 1.29 is 0 Å². The van der Waals surface area contributed by atoms with Gasteiger partial charge in [-0.3, -0.25) is 0 Å². The van der Waals surface area contributed by atoms with Crippen LogP contribution in [0.4, 0.5) is 0 Å². The predicted molar refractivity (Wildman–Crippen MR) is 89.5 cm³/mol. The number of benzene rings is 3. The molecule has 0 amide bonds. The van der Waals surface area contributed by atoms with Crippen LogP contribution in [0.1, 0.15) is 28.3 Å². The molecule has 1 aliphatic rings. The van der Waals surface area contributed by atoms with E-state index in [2.05, 4.69) is 62.4 Å². The Balaban J connectivity index is 2.20. The largest absolute Gasteiger partial charge is 0.324 e. The van der Waals surface area contributed by atoms with Crippen LogP contribution >= 0.6 is 0 Å². The fourth-order valence-corrected chi connectivity index (χ4v) is 3.90. The van der Waals surface area contributed by atoms with Crippen molar-refractivity contribution in [2.24, 2.45) is 5.73 Å². The van der Waals surface area contributed by atoms with Gasteiger partial charge in [0.25, 0.3) is 0 Å². The number of aryl methyl sites for hydroxylation is 2. The first-order valence-electron chi connectivity index (χ1n) is 7.54. The standard InChI is InChI=1S/C20H19N/c1-12-15-8-5-6-9-16(15)13(2)20-18(21)11-14-7-3-4-10-17(14)19(12)20/h3-10,18H,11,21H2,1-2H3/t18-/m1/s1. The molecule has 0 bridgehead atoms. The first-order valence-corrected chi connectivity index (χ1v) is 7.54. The van der Waals surface area contributed by atoms with Crippen LogP contribution in [0.2, 0.25) is 0 Å². The molecular weight excluding hydrogens is 254 g/mol. The molecule has 104 valence electrons. The second-order valence-electron chi connectivity index (χ2n) is 6.05. The lowest BCUT2D eigenvalue weighted by Crippen LogP contribution is -2.21. The first kappa shape index (κ1) is 12.6.